The first kappa shape index (κ1) is 25.5. The SMILES string of the molecule is CO/N=C(\C(=O)N[C@@H]1C(=O)N2C(C(=O)OCOC(=O)C(C)(C)C)=C(C)CS[C@H]12)c1csc(N)n1. The number of hydrogen-bond donors (Lipinski definition) is 2. The topological polar surface area (TPSA) is 163 Å². The van der Waals surface area contributed by atoms with Gasteiger partial charge in [-0.3, -0.25) is 19.3 Å². The second kappa shape index (κ2) is 10.0. The van der Waals surface area contributed by atoms with E-state index in [1.54, 1.807) is 33.1 Å². The van der Waals surface area contributed by atoms with Gasteiger partial charge in [0, 0.05) is 11.1 Å². The Morgan fingerprint density at radius 1 is 1.32 bits per heavy atom. The number of oxime groups is 1. The monoisotopic (exact) mass is 511 g/mol. The van der Waals surface area contributed by atoms with Gasteiger partial charge in [-0.2, -0.15) is 0 Å². The molecule has 0 aliphatic carbocycles. The van der Waals surface area contributed by atoms with Crippen molar-refractivity contribution in [3.63, 3.8) is 0 Å². The smallest absolute Gasteiger partial charge is 0.357 e. The number of nitrogens with one attached hydrogen (secondary N) is 1. The molecule has 184 valence electrons. The summed E-state index contributed by atoms with van der Waals surface area (Å²) in [5.41, 5.74) is 5.67. The van der Waals surface area contributed by atoms with Gasteiger partial charge in [0.25, 0.3) is 11.8 Å². The highest BCUT2D eigenvalue weighted by Gasteiger charge is 2.54. The fraction of sp³-hybridized carbons (Fsp3) is 0.500. The first-order chi connectivity index (χ1) is 16.0. The van der Waals surface area contributed by atoms with Crippen molar-refractivity contribution >= 4 is 57.7 Å². The second-order valence-corrected chi connectivity index (χ2v) is 10.4. The Morgan fingerprint density at radius 3 is 2.62 bits per heavy atom. The molecule has 3 N–H and O–H groups in total. The molecule has 2 atom stereocenters. The van der Waals surface area contributed by atoms with E-state index < -0.39 is 47.4 Å². The molecule has 34 heavy (non-hydrogen) atoms. The third kappa shape index (κ3) is 5.17. The maximum atomic E-state index is 12.9. The van der Waals surface area contributed by atoms with Crippen molar-refractivity contribution in [3.05, 3.63) is 22.3 Å². The summed E-state index contributed by atoms with van der Waals surface area (Å²) in [5.74, 6) is -2.04. The highest BCUT2D eigenvalue weighted by atomic mass is 32.2. The number of β-lactam (4-membered cyclic amide) rings is 1. The van der Waals surface area contributed by atoms with Gasteiger partial charge in [0.2, 0.25) is 6.79 Å². The number of thiazole rings is 1. The summed E-state index contributed by atoms with van der Waals surface area (Å²) in [7, 11) is 1.28. The van der Waals surface area contributed by atoms with Crippen LogP contribution in [0.15, 0.2) is 21.8 Å². The minimum Gasteiger partial charge on any atom is -0.427 e. The standard InChI is InChI=1S/C20H25N5O7S2/c1-9-6-33-16-12(23-14(26)11(24-30-5)10-7-34-19(21)22-10)15(27)25(16)13(9)17(28)31-8-32-18(29)20(2,3)4/h7,12,16H,6,8H2,1-5H3,(H2,21,22)(H,23,26)/b24-11-/t12-,16-/m1/s1. The highest BCUT2D eigenvalue weighted by Crippen LogP contribution is 2.40. The third-order valence-electron chi connectivity index (χ3n) is 4.79. The van der Waals surface area contributed by atoms with Crippen LogP contribution in [0.2, 0.25) is 0 Å². The number of fused-ring (bicyclic) bond motifs is 1. The van der Waals surface area contributed by atoms with Crippen molar-refractivity contribution in [2.24, 2.45) is 10.6 Å². The lowest BCUT2D eigenvalue weighted by Gasteiger charge is -2.49. The summed E-state index contributed by atoms with van der Waals surface area (Å²) >= 11 is 2.52. The third-order valence-corrected chi connectivity index (χ3v) is 6.89. The lowest BCUT2D eigenvalue weighted by atomic mass is 9.98. The molecule has 1 saturated heterocycles. The first-order valence-electron chi connectivity index (χ1n) is 10.1. The summed E-state index contributed by atoms with van der Waals surface area (Å²) in [6, 6.07) is -0.898. The largest absolute Gasteiger partial charge is 0.427 e. The number of anilines is 1. The predicted octanol–water partition coefficient (Wildman–Crippen LogP) is 0.840. The minimum absolute atomic E-state index is 0.0733. The number of thioether (sulfide) groups is 1. The van der Waals surface area contributed by atoms with E-state index in [1.165, 1.54) is 23.8 Å². The molecule has 2 amide bonds. The highest BCUT2D eigenvalue weighted by molar-refractivity contribution is 8.00. The van der Waals surface area contributed by atoms with Crippen LogP contribution in [0.25, 0.3) is 0 Å². The fourth-order valence-electron chi connectivity index (χ4n) is 3.09. The molecule has 0 spiro atoms. The quantitative estimate of drug-likeness (QED) is 0.176. The Bertz CT molecular complexity index is 1080. The van der Waals surface area contributed by atoms with Gasteiger partial charge in [-0.05, 0) is 33.3 Å². The molecule has 3 rings (SSSR count). The Kier molecular flexibility index (Phi) is 7.51. The summed E-state index contributed by atoms with van der Waals surface area (Å²) in [4.78, 5) is 60.3. The van der Waals surface area contributed by atoms with Crippen molar-refractivity contribution in [1.29, 1.82) is 0 Å². The number of nitrogens with zero attached hydrogens (tertiary/aromatic N) is 3. The molecule has 0 radical (unpaired) electrons. The van der Waals surface area contributed by atoms with E-state index in [-0.39, 0.29) is 22.2 Å². The zero-order valence-corrected chi connectivity index (χ0v) is 20.9. The number of ether oxygens (including phenoxy) is 2. The van der Waals surface area contributed by atoms with Gasteiger partial charge in [0.05, 0.1) is 5.41 Å². The molecule has 0 unspecified atom stereocenters. The fourth-order valence-corrected chi connectivity index (χ4v) is 4.93. The van der Waals surface area contributed by atoms with Crippen molar-refractivity contribution in [2.45, 2.75) is 39.1 Å². The number of hydrogen-bond acceptors (Lipinski definition) is 12. The number of amides is 2. The lowest BCUT2D eigenvalue weighted by Crippen LogP contribution is -2.71. The van der Waals surface area contributed by atoms with E-state index in [0.717, 1.165) is 11.3 Å². The molecule has 2 aliphatic rings. The molecule has 14 heteroatoms. The van der Waals surface area contributed by atoms with Gasteiger partial charge >= 0.3 is 11.9 Å². The van der Waals surface area contributed by atoms with Crippen LogP contribution >= 0.6 is 23.1 Å². The minimum atomic E-state index is -0.898. The van der Waals surface area contributed by atoms with Crippen molar-refractivity contribution in [1.82, 2.24) is 15.2 Å². The van der Waals surface area contributed by atoms with Crippen LogP contribution in [0.1, 0.15) is 33.4 Å². The van der Waals surface area contributed by atoms with Crippen LogP contribution in [-0.4, -0.2) is 70.4 Å². The van der Waals surface area contributed by atoms with Gasteiger partial charge < -0.3 is 25.4 Å². The van der Waals surface area contributed by atoms with Crippen LogP contribution in [-0.2, 0) is 33.5 Å². The van der Waals surface area contributed by atoms with Gasteiger partial charge in [-0.25, -0.2) is 9.78 Å². The van der Waals surface area contributed by atoms with Crippen LogP contribution in [0.5, 0.6) is 0 Å². The average Bonchev–Trinajstić information content (AvgIpc) is 3.20. The van der Waals surface area contributed by atoms with E-state index in [4.69, 9.17) is 20.0 Å². The normalized spacial score (nSPS) is 20.3. The van der Waals surface area contributed by atoms with Crippen LogP contribution in [0.3, 0.4) is 0 Å². The van der Waals surface area contributed by atoms with E-state index >= 15 is 0 Å². The number of nitrogen functional groups attached to an aromatic ring is 1. The number of carbonyl (C=O) groups excluding carboxylic acids is 4. The van der Waals surface area contributed by atoms with Crippen molar-refractivity contribution < 1.29 is 33.5 Å². The Morgan fingerprint density at radius 2 is 2.03 bits per heavy atom. The molecular formula is C20H25N5O7S2. The lowest BCUT2D eigenvalue weighted by molar-refractivity contribution is -0.173. The summed E-state index contributed by atoms with van der Waals surface area (Å²) in [6.07, 6.45) is 0. The molecule has 1 fully saturated rings. The number of rotatable bonds is 7. The van der Waals surface area contributed by atoms with Crippen LogP contribution < -0.4 is 11.1 Å². The molecule has 0 bridgehead atoms. The number of carbonyl (C=O) groups is 4. The van der Waals surface area contributed by atoms with Gasteiger partial charge in [0.1, 0.15) is 29.9 Å². The number of esters is 2. The van der Waals surface area contributed by atoms with Crippen LogP contribution in [0, 0.1) is 5.41 Å². The van der Waals surface area contributed by atoms with Gasteiger partial charge in [-0.1, -0.05) is 5.16 Å². The van der Waals surface area contributed by atoms with E-state index in [9.17, 15) is 19.2 Å². The maximum Gasteiger partial charge on any atom is 0.357 e. The van der Waals surface area contributed by atoms with Crippen molar-refractivity contribution in [3.8, 4) is 0 Å². The van der Waals surface area contributed by atoms with Crippen molar-refractivity contribution in [2.75, 3.05) is 25.4 Å². The molecule has 0 aromatic carbocycles. The first-order valence-corrected chi connectivity index (χ1v) is 12.0. The average molecular weight is 512 g/mol. The Hall–Kier alpha value is -3.13. The molecule has 12 nitrogen and oxygen atoms in total. The predicted molar refractivity (Wildman–Crippen MR) is 124 cm³/mol. The van der Waals surface area contributed by atoms with E-state index in [1.807, 2.05) is 0 Å². The summed E-state index contributed by atoms with van der Waals surface area (Å²) in [6.45, 7) is 6.15. The van der Waals surface area contributed by atoms with E-state index in [2.05, 4.69) is 15.5 Å². The Balaban J connectivity index is 1.66. The molecule has 1 aromatic rings. The molecule has 1 aromatic heterocycles. The molecular weight excluding hydrogens is 486 g/mol. The summed E-state index contributed by atoms with van der Waals surface area (Å²) < 4.78 is 10.0. The van der Waals surface area contributed by atoms with Gasteiger partial charge in [-0.15, -0.1) is 23.1 Å². The zero-order chi connectivity index (χ0) is 25.2. The summed E-state index contributed by atoms with van der Waals surface area (Å²) in [5, 5.41) is 7.60. The molecule has 0 saturated carbocycles. The van der Waals surface area contributed by atoms with Crippen LogP contribution in [0.4, 0.5) is 5.13 Å². The molecule has 2 aliphatic heterocycles. The van der Waals surface area contributed by atoms with E-state index in [0.29, 0.717) is 11.3 Å². The zero-order valence-electron chi connectivity index (χ0n) is 19.2. The Labute approximate surface area is 203 Å². The maximum absolute atomic E-state index is 12.9. The second-order valence-electron chi connectivity index (χ2n) is 8.41. The number of aromatic nitrogens is 1. The van der Waals surface area contributed by atoms with Gasteiger partial charge in [0.15, 0.2) is 10.8 Å². The molecule has 3 heterocycles. The number of nitrogens with two attached hydrogens (primary N) is 1.